The van der Waals surface area contributed by atoms with Crippen LogP contribution in [0.25, 0.3) is 0 Å². The fourth-order valence-corrected chi connectivity index (χ4v) is 2.04. The SMILES string of the molecule is COc1ccccc1C(=O)N1CCC(F)CC1. The topological polar surface area (TPSA) is 29.5 Å². The van der Waals surface area contributed by atoms with Crippen molar-refractivity contribution in [3.05, 3.63) is 29.8 Å². The van der Waals surface area contributed by atoms with Gasteiger partial charge in [0.1, 0.15) is 11.9 Å². The first-order valence-corrected chi connectivity index (χ1v) is 5.78. The van der Waals surface area contributed by atoms with Crippen molar-refractivity contribution in [3.8, 4) is 5.75 Å². The lowest BCUT2D eigenvalue weighted by Gasteiger charge is -2.29. The molecule has 0 aromatic heterocycles. The fraction of sp³-hybridized carbons (Fsp3) is 0.462. The van der Waals surface area contributed by atoms with Gasteiger partial charge in [0.2, 0.25) is 0 Å². The average molecular weight is 237 g/mol. The van der Waals surface area contributed by atoms with E-state index in [9.17, 15) is 9.18 Å². The van der Waals surface area contributed by atoms with Crippen LogP contribution in [0.5, 0.6) is 5.75 Å². The molecule has 1 heterocycles. The van der Waals surface area contributed by atoms with Crippen molar-refractivity contribution in [3.63, 3.8) is 0 Å². The minimum absolute atomic E-state index is 0.0747. The Balaban J connectivity index is 2.14. The summed E-state index contributed by atoms with van der Waals surface area (Å²) < 4.78 is 18.2. The van der Waals surface area contributed by atoms with E-state index >= 15 is 0 Å². The van der Waals surface area contributed by atoms with E-state index in [1.54, 1.807) is 30.2 Å². The zero-order valence-corrected chi connectivity index (χ0v) is 9.86. The zero-order valence-electron chi connectivity index (χ0n) is 9.86. The number of para-hydroxylation sites is 1. The van der Waals surface area contributed by atoms with Crippen molar-refractivity contribution >= 4 is 5.91 Å². The number of rotatable bonds is 2. The van der Waals surface area contributed by atoms with Crippen molar-refractivity contribution in [1.29, 1.82) is 0 Å². The van der Waals surface area contributed by atoms with Crippen molar-refractivity contribution in [1.82, 2.24) is 4.90 Å². The van der Waals surface area contributed by atoms with Gasteiger partial charge in [-0.05, 0) is 25.0 Å². The van der Waals surface area contributed by atoms with Crippen LogP contribution >= 0.6 is 0 Å². The van der Waals surface area contributed by atoms with Crippen molar-refractivity contribution in [2.75, 3.05) is 20.2 Å². The standard InChI is InChI=1S/C13H16FNO2/c1-17-12-5-3-2-4-11(12)13(16)15-8-6-10(14)7-9-15/h2-5,10H,6-9H2,1H3. The van der Waals surface area contributed by atoms with E-state index in [0.29, 0.717) is 37.2 Å². The molecule has 1 amide bonds. The third kappa shape index (κ3) is 2.57. The number of hydrogen-bond acceptors (Lipinski definition) is 2. The molecule has 0 N–H and O–H groups in total. The summed E-state index contributed by atoms with van der Waals surface area (Å²) in [5.41, 5.74) is 0.548. The molecule has 1 aliphatic heterocycles. The van der Waals surface area contributed by atoms with E-state index in [2.05, 4.69) is 0 Å². The molecule has 0 atom stereocenters. The molecule has 2 rings (SSSR count). The molecule has 1 aromatic rings. The van der Waals surface area contributed by atoms with Crippen LogP contribution in [0.4, 0.5) is 4.39 Å². The lowest BCUT2D eigenvalue weighted by molar-refractivity contribution is 0.0664. The second kappa shape index (κ2) is 5.17. The van der Waals surface area contributed by atoms with Crippen LogP contribution in [0.2, 0.25) is 0 Å². The molecule has 1 aromatic carbocycles. The summed E-state index contributed by atoms with van der Waals surface area (Å²) in [6, 6.07) is 7.12. The average Bonchev–Trinajstić information content (AvgIpc) is 2.39. The molecular weight excluding hydrogens is 221 g/mol. The Morgan fingerprint density at radius 1 is 1.35 bits per heavy atom. The first kappa shape index (κ1) is 11.9. The largest absolute Gasteiger partial charge is 0.496 e. The van der Waals surface area contributed by atoms with Gasteiger partial charge in [-0.1, -0.05) is 12.1 Å². The number of ether oxygens (including phenoxy) is 1. The first-order valence-electron chi connectivity index (χ1n) is 5.78. The highest BCUT2D eigenvalue weighted by Gasteiger charge is 2.24. The van der Waals surface area contributed by atoms with Gasteiger partial charge in [0.25, 0.3) is 5.91 Å². The molecule has 0 bridgehead atoms. The molecule has 0 saturated carbocycles. The lowest BCUT2D eigenvalue weighted by Crippen LogP contribution is -2.39. The van der Waals surface area contributed by atoms with Gasteiger partial charge < -0.3 is 9.64 Å². The van der Waals surface area contributed by atoms with E-state index in [4.69, 9.17) is 4.74 Å². The molecule has 1 saturated heterocycles. The van der Waals surface area contributed by atoms with Crippen LogP contribution in [-0.4, -0.2) is 37.2 Å². The number of piperidine rings is 1. The lowest BCUT2D eigenvalue weighted by atomic mass is 10.1. The molecule has 1 aliphatic rings. The summed E-state index contributed by atoms with van der Waals surface area (Å²) in [5.74, 6) is 0.495. The molecule has 92 valence electrons. The van der Waals surface area contributed by atoms with E-state index < -0.39 is 6.17 Å². The fourth-order valence-electron chi connectivity index (χ4n) is 2.04. The quantitative estimate of drug-likeness (QED) is 0.789. The number of alkyl halides is 1. The summed E-state index contributed by atoms with van der Waals surface area (Å²) >= 11 is 0. The first-order chi connectivity index (χ1) is 8.22. The monoisotopic (exact) mass is 237 g/mol. The molecule has 3 nitrogen and oxygen atoms in total. The number of carbonyl (C=O) groups excluding carboxylic acids is 1. The molecule has 1 fully saturated rings. The molecular formula is C13H16FNO2. The van der Waals surface area contributed by atoms with Gasteiger partial charge in [-0.25, -0.2) is 4.39 Å². The highest BCUT2D eigenvalue weighted by molar-refractivity contribution is 5.97. The van der Waals surface area contributed by atoms with Crippen LogP contribution in [0.1, 0.15) is 23.2 Å². The minimum atomic E-state index is -0.767. The molecule has 0 spiro atoms. The van der Waals surface area contributed by atoms with Gasteiger partial charge in [-0.2, -0.15) is 0 Å². The zero-order chi connectivity index (χ0) is 12.3. The van der Waals surface area contributed by atoms with Gasteiger partial charge >= 0.3 is 0 Å². The van der Waals surface area contributed by atoms with Gasteiger partial charge in [0.05, 0.1) is 12.7 Å². The van der Waals surface area contributed by atoms with Crippen LogP contribution in [0.15, 0.2) is 24.3 Å². The van der Waals surface area contributed by atoms with Crippen LogP contribution in [-0.2, 0) is 0 Å². The molecule has 0 radical (unpaired) electrons. The third-order valence-electron chi connectivity index (χ3n) is 3.05. The van der Waals surface area contributed by atoms with Crippen LogP contribution in [0.3, 0.4) is 0 Å². The van der Waals surface area contributed by atoms with Gasteiger partial charge in [0, 0.05) is 13.1 Å². The maximum Gasteiger partial charge on any atom is 0.257 e. The van der Waals surface area contributed by atoms with Crippen molar-refractivity contribution < 1.29 is 13.9 Å². The Hall–Kier alpha value is -1.58. The summed E-state index contributed by atoms with van der Waals surface area (Å²) in [5, 5.41) is 0. The molecule has 0 unspecified atom stereocenters. The minimum Gasteiger partial charge on any atom is -0.496 e. The number of carbonyl (C=O) groups is 1. The predicted molar refractivity (Wildman–Crippen MR) is 63.0 cm³/mol. The Morgan fingerprint density at radius 2 is 2.00 bits per heavy atom. The maximum atomic E-state index is 13.0. The summed E-state index contributed by atoms with van der Waals surface area (Å²) in [4.78, 5) is 13.9. The molecule has 4 heteroatoms. The van der Waals surface area contributed by atoms with Crippen LogP contribution in [0, 0.1) is 0 Å². The second-order valence-electron chi connectivity index (χ2n) is 4.17. The molecule has 17 heavy (non-hydrogen) atoms. The van der Waals surface area contributed by atoms with E-state index in [1.165, 1.54) is 0 Å². The van der Waals surface area contributed by atoms with E-state index in [-0.39, 0.29) is 5.91 Å². The number of halogens is 1. The maximum absolute atomic E-state index is 13.0. The van der Waals surface area contributed by atoms with E-state index in [1.807, 2.05) is 6.07 Å². The van der Waals surface area contributed by atoms with Crippen molar-refractivity contribution in [2.45, 2.75) is 19.0 Å². The highest BCUT2D eigenvalue weighted by Crippen LogP contribution is 2.22. The summed E-state index contributed by atoms with van der Waals surface area (Å²) in [6.07, 6.45) is 0.0959. The van der Waals surface area contributed by atoms with Gasteiger partial charge in [0.15, 0.2) is 0 Å². The predicted octanol–water partition coefficient (Wildman–Crippen LogP) is 2.27. The van der Waals surface area contributed by atoms with Gasteiger partial charge in [-0.3, -0.25) is 4.79 Å². The number of benzene rings is 1. The smallest absolute Gasteiger partial charge is 0.257 e. The number of hydrogen-bond donors (Lipinski definition) is 0. The Bertz CT molecular complexity index is 400. The number of likely N-dealkylation sites (tertiary alicyclic amines) is 1. The summed E-state index contributed by atoms with van der Waals surface area (Å²) in [6.45, 7) is 0.968. The Labute approximate surface area is 100 Å². The normalized spacial score (nSPS) is 16.9. The number of amides is 1. The third-order valence-corrected chi connectivity index (χ3v) is 3.05. The number of methoxy groups -OCH3 is 1. The highest BCUT2D eigenvalue weighted by atomic mass is 19.1. The number of nitrogens with zero attached hydrogens (tertiary/aromatic N) is 1. The second-order valence-corrected chi connectivity index (χ2v) is 4.17. The summed E-state index contributed by atoms with van der Waals surface area (Å²) in [7, 11) is 1.54. The van der Waals surface area contributed by atoms with Crippen molar-refractivity contribution in [2.24, 2.45) is 0 Å². The Morgan fingerprint density at radius 3 is 2.65 bits per heavy atom. The molecule has 0 aliphatic carbocycles. The van der Waals surface area contributed by atoms with Crippen LogP contribution < -0.4 is 4.74 Å². The van der Waals surface area contributed by atoms with Gasteiger partial charge in [-0.15, -0.1) is 0 Å². The Kier molecular flexibility index (Phi) is 3.61. The van der Waals surface area contributed by atoms with E-state index in [0.717, 1.165) is 0 Å².